The van der Waals surface area contributed by atoms with Gasteiger partial charge in [0.2, 0.25) is 0 Å². The number of rotatable bonds is 7. The molecule has 32 heavy (non-hydrogen) atoms. The van der Waals surface area contributed by atoms with Gasteiger partial charge in [-0.15, -0.1) is 0 Å². The van der Waals surface area contributed by atoms with Crippen LogP contribution in [0.1, 0.15) is 50.4 Å². The smallest absolute Gasteiger partial charge is 0.308 e. The summed E-state index contributed by atoms with van der Waals surface area (Å²) in [5, 5.41) is 10.5. The SMILES string of the molecule is CCC1C(C(=O)O)CCCN1C(=O)c1cn(CC(C)C)c(=O)c2cc(OC)c(OC)cc12. The Hall–Kier alpha value is -3.03. The molecular formula is C24H32N2O6. The van der Waals surface area contributed by atoms with Gasteiger partial charge in [-0.1, -0.05) is 20.8 Å². The van der Waals surface area contributed by atoms with Crippen molar-refractivity contribution >= 4 is 22.6 Å². The minimum absolute atomic E-state index is 0.197. The van der Waals surface area contributed by atoms with Crippen LogP contribution in [0.15, 0.2) is 23.1 Å². The average molecular weight is 445 g/mol. The molecule has 0 aliphatic carbocycles. The highest BCUT2D eigenvalue weighted by Gasteiger charge is 2.38. The number of amides is 1. The molecule has 2 heterocycles. The van der Waals surface area contributed by atoms with Crippen molar-refractivity contribution in [2.45, 2.75) is 52.6 Å². The third-order valence-corrected chi connectivity index (χ3v) is 6.16. The van der Waals surface area contributed by atoms with Crippen molar-refractivity contribution in [3.63, 3.8) is 0 Å². The van der Waals surface area contributed by atoms with Crippen molar-refractivity contribution in [1.82, 2.24) is 9.47 Å². The Morgan fingerprint density at radius 2 is 1.78 bits per heavy atom. The molecule has 3 rings (SSSR count). The molecule has 1 aromatic heterocycles. The Labute approximate surface area is 187 Å². The molecule has 8 heteroatoms. The highest BCUT2D eigenvalue weighted by Crippen LogP contribution is 2.34. The van der Waals surface area contributed by atoms with Crippen LogP contribution >= 0.6 is 0 Å². The van der Waals surface area contributed by atoms with Gasteiger partial charge in [0.15, 0.2) is 11.5 Å². The van der Waals surface area contributed by atoms with Gasteiger partial charge in [0, 0.05) is 30.7 Å². The first-order valence-electron chi connectivity index (χ1n) is 11.1. The number of nitrogens with zero attached hydrogens (tertiary/aromatic N) is 2. The number of aliphatic carboxylic acids is 1. The Morgan fingerprint density at radius 3 is 2.31 bits per heavy atom. The number of benzene rings is 1. The molecule has 8 nitrogen and oxygen atoms in total. The molecule has 2 unspecified atom stereocenters. The van der Waals surface area contributed by atoms with Crippen molar-refractivity contribution in [2.24, 2.45) is 11.8 Å². The number of aromatic nitrogens is 1. The van der Waals surface area contributed by atoms with E-state index >= 15 is 0 Å². The van der Waals surface area contributed by atoms with Crippen LogP contribution in [-0.2, 0) is 11.3 Å². The average Bonchev–Trinajstić information content (AvgIpc) is 2.78. The minimum atomic E-state index is -0.879. The van der Waals surface area contributed by atoms with E-state index in [0.717, 1.165) is 0 Å². The van der Waals surface area contributed by atoms with Crippen molar-refractivity contribution in [3.05, 3.63) is 34.2 Å². The van der Waals surface area contributed by atoms with Gasteiger partial charge in [0.25, 0.3) is 11.5 Å². The number of carbonyl (C=O) groups is 2. The third-order valence-electron chi connectivity index (χ3n) is 6.16. The summed E-state index contributed by atoms with van der Waals surface area (Å²) in [5.41, 5.74) is 0.158. The molecule has 1 N–H and O–H groups in total. The monoisotopic (exact) mass is 444 g/mol. The van der Waals surface area contributed by atoms with E-state index < -0.39 is 17.9 Å². The molecular weight excluding hydrogens is 412 g/mol. The number of methoxy groups -OCH3 is 2. The predicted octanol–water partition coefficient (Wildman–Crippen LogP) is 3.39. The summed E-state index contributed by atoms with van der Waals surface area (Å²) >= 11 is 0. The first-order valence-corrected chi connectivity index (χ1v) is 11.1. The number of hydrogen-bond acceptors (Lipinski definition) is 5. The quantitative estimate of drug-likeness (QED) is 0.703. The summed E-state index contributed by atoms with van der Waals surface area (Å²) in [6, 6.07) is 2.87. The van der Waals surface area contributed by atoms with Crippen LogP contribution < -0.4 is 15.0 Å². The van der Waals surface area contributed by atoms with Gasteiger partial charge >= 0.3 is 5.97 Å². The number of piperidine rings is 1. The zero-order valence-electron chi connectivity index (χ0n) is 19.4. The Kier molecular flexibility index (Phi) is 7.11. The zero-order chi connectivity index (χ0) is 23.6. The second kappa shape index (κ2) is 9.63. The van der Waals surface area contributed by atoms with E-state index in [9.17, 15) is 19.5 Å². The lowest BCUT2D eigenvalue weighted by molar-refractivity contribution is -0.145. The molecule has 1 aromatic carbocycles. The summed E-state index contributed by atoms with van der Waals surface area (Å²) in [7, 11) is 3.00. The van der Waals surface area contributed by atoms with Gasteiger partial charge < -0.3 is 24.0 Å². The van der Waals surface area contributed by atoms with Gasteiger partial charge in [0.05, 0.1) is 31.1 Å². The fourth-order valence-corrected chi connectivity index (χ4v) is 4.67. The lowest BCUT2D eigenvalue weighted by atomic mass is 9.87. The van der Waals surface area contributed by atoms with Crippen LogP contribution in [-0.4, -0.2) is 53.3 Å². The highest BCUT2D eigenvalue weighted by molar-refractivity contribution is 6.07. The molecule has 0 bridgehead atoms. The van der Waals surface area contributed by atoms with Crippen LogP contribution in [0.3, 0.4) is 0 Å². The van der Waals surface area contributed by atoms with Crippen LogP contribution in [0.4, 0.5) is 0 Å². The number of ether oxygens (including phenoxy) is 2. The number of hydrogen-bond donors (Lipinski definition) is 1. The van der Waals surface area contributed by atoms with Crippen molar-refractivity contribution in [2.75, 3.05) is 20.8 Å². The lowest BCUT2D eigenvalue weighted by Gasteiger charge is -2.39. The molecule has 2 aromatic rings. The van der Waals surface area contributed by atoms with Gasteiger partial charge in [-0.2, -0.15) is 0 Å². The van der Waals surface area contributed by atoms with E-state index in [-0.39, 0.29) is 17.4 Å². The fraction of sp³-hybridized carbons (Fsp3) is 0.542. The van der Waals surface area contributed by atoms with E-state index in [1.54, 1.807) is 27.8 Å². The fourth-order valence-electron chi connectivity index (χ4n) is 4.67. The molecule has 1 saturated heterocycles. The van der Waals surface area contributed by atoms with Gasteiger partial charge in [-0.25, -0.2) is 0 Å². The first kappa shape index (κ1) is 23.6. The maximum absolute atomic E-state index is 13.8. The number of carbonyl (C=O) groups excluding carboxylic acids is 1. The van der Waals surface area contributed by atoms with Crippen LogP contribution in [0, 0.1) is 11.8 Å². The highest BCUT2D eigenvalue weighted by atomic mass is 16.5. The van der Waals surface area contributed by atoms with Crippen LogP contribution in [0.2, 0.25) is 0 Å². The molecule has 0 saturated carbocycles. The van der Waals surface area contributed by atoms with Gasteiger partial charge in [0.1, 0.15) is 0 Å². The molecule has 0 radical (unpaired) electrons. The van der Waals surface area contributed by atoms with Gasteiger partial charge in [-0.05, 0) is 37.3 Å². The Bertz CT molecular complexity index is 1070. The summed E-state index contributed by atoms with van der Waals surface area (Å²) in [4.78, 5) is 40.5. The number of carboxylic acids is 1. The molecule has 1 aliphatic rings. The van der Waals surface area contributed by atoms with Gasteiger partial charge in [-0.3, -0.25) is 14.4 Å². The number of carboxylic acid groups (broad SMARTS) is 1. The Balaban J connectivity index is 2.23. The molecule has 0 spiro atoms. The van der Waals surface area contributed by atoms with Crippen molar-refractivity contribution < 1.29 is 24.2 Å². The topological polar surface area (TPSA) is 98.1 Å². The summed E-state index contributed by atoms with van der Waals surface area (Å²) < 4.78 is 12.4. The van der Waals surface area contributed by atoms with Crippen molar-refractivity contribution in [1.29, 1.82) is 0 Å². The molecule has 174 valence electrons. The first-order chi connectivity index (χ1) is 15.2. The van der Waals surface area contributed by atoms with E-state index in [0.29, 0.717) is 60.2 Å². The normalized spacial score (nSPS) is 18.8. The standard InChI is InChI=1S/C24H32N2O6/c1-6-19-15(24(29)30)8-7-9-26(19)23(28)18-13-25(12-14(2)3)22(27)17-11-21(32-5)20(31-4)10-16(17)18/h10-11,13-15,19H,6-9,12H2,1-5H3,(H,29,30). The molecule has 1 fully saturated rings. The predicted molar refractivity (Wildman–Crippen MR) is 122 cm³/mol. The maximum Gasteiger partial charge on any atom is 0.308 e. The second-order valence-corrected chi connectivity index (χ2v) is 8.71. The third kappa shape index (κ3) is 4.31. The number of fused-ring (bicyclic) bond motifs is 1. The number of likely N-dealkylation sites (tertiary alicyclic amines) is 1. The zero-order valence-corrected chi connectivity index (χ0v) is 19.4. The van der Waals surface area contributed by atoms with E-state index in [2.05, 4.69) is 0 Å². The summed E-state index contributed by atoms with van der Waals surface area (Å²) in [5.74, 6) is -0.714. The van der Waals surface area contributed by atoms with Crippen LogP contribution in [0.25, 0.3) is 10.8 Å². The second-order valence-electron chi connectivity index (χ2n) is 8.71. The lowest BCUT2D eigenvalue weighted by Crippen LogP contribution is -2.50. The van der Waals surface area contributed by atoms with E-state index in [1.807, 2.05) is 20.8 Å². The summed E-state index contributed by atoms with van der Waals surface area (Å²) in [6.07, 6.45) is 3.33. The van der Waals surface area contributed by atoms with Crippen LogP contribution in [0.5, 0.6) is 11.5 Å². The summed E-state index contributed by atoms with van der Waals surface area (Å²) in [6.45, 7) is 6.85. The van der Waals surface area contributed by atoms with E-state index in [4.69, 9.17) is 9.47 Å². The van der Waals surface area contributed by atoms with E-state index in [1.165, 1.54) is 14.2 Å². The maximum atomic E-state index is 13.8. The largest absolute Gasteiger partial charge is 0.493 e. The molecule has 2 atom stereocenters. The number of pyridine rings is 1. The Morgan fingerprint density at radius 1 is 1.16 bits per heavy atom. The molecule has 1 aliphatic heterocycles. The minimum Gasteiger partial charge on any atom is -0.493 e. The van der Waals surface area contributed by atoms with Crippen molar-refractivity contribution in [3.8, 4) is 11.5 Å². The molecule has 1 amide bonds.